The number of nitrogens with one attached hydrogen (secondary N) is 1. The normalized spacial score (nSPS) is 12.5. The van der Waals surface area contributed by atoms with Crippen LogP contribution >= 0.6 is 11.6 Å². The fourth-order valence-electron chi connectivity index (χ4n) is 2.92. The van der Waals surface area contributed by atoms with E-state index in [4.69, 9.17) is 11.6 Å². The Balaban J connectivity index is 2.33. The average molecular weight is 403 g/mol. The lowest BCUT2D eigenvalue weighted by Crippen LogP contribution is -2.40. The second-order valence-electron chi connectivity index (χ2n) is 7.38. The van der Waals surface area contributed by atoms with Gasteiger partial charge >= 0.3 is 6.18 Å². The molecule has 0 aliphatic carbocycles. The first kappa shape index (κ1) is 21.2. The Hall–Kier alpha value is -2.06. The van der Waals surface area contributed by atoms with Crippen molar-refractivity contribution in [2.75, 3.05) is 27.2 Å². The summed E-state index contributed by atoms with van der Waals surface area (Å²) in [4.78, 5) is 14.4. The number of rotatable bonds is 6. The molecule has 2 rings (SSSR count). The number of carbonyl (C=O) groups excluding carboxylic acids is 1. The molecule has 0 saturated heterocycles. The minimum Gasteiger partial charge on any atom is -0.351 e. The molecule has 5 nitrogen and oxygen atoms in total. The van der Waals surface area contributed by atoms with Crippen molar-refractivity contribution in [2.24, 2.45) is 5.41 Å². The van der Waals surface area contributed by atoms with Crippen LogP contribution in [0.15, 0.2) is 30.5 Å². The Morgan fingerprint density at radius 3 is 2.52 bits per heavy atom. The molecule has 1 aromatic heterocycles. The van der Waals surface area contributed by atoms with Crippen molar-refractivity contribution >= 4 is 17.5 Å². The first-order valence-corrected chi connectivity index (χ1v) is 8.62. The molecule has 1 aromatic carbocycles. The van der Waals surface area contributed by atoms with Crippen molar-refractivity contribution < 1.29 is 18.0 Å². The highest BCUT2D eigenvalue weighted by Gasteiger charge is 2.40. The quantitative estimate of drug-likeness (QED) is 0.798. The smallest absolute Gasteiger partial charge is 0.351 e. The van der Waals surface area contributed by atoms with Crippen molar-refractivity contribution in [3.8, 4) is 5.69 Å². The van der Waals surface area contributed by atoms with E-state index in [9.17, 15) is 18.0 Å². The fraction of sp³-hybridized carbons (Fsp3) is 0.444. The van der Waals surface area contributed by atoms with Crippen LogP contribution in [0.3, 0.4) is 0 Å². The molecule has 1 heterocycles. The molecule has 0 aliphatic rings. The van der Waals surface area contributed by atoms with Gasteiger partial charge in [0.1, 0.15) is 0 Å². The summed E-state index contributed by atoms with van der Waals surface area (Å²) >= 11 is 5.87. The first-order valence-electron chi connectivity index (χ1n) is 8.25. The number of nitrogens with zero attached hydrogens (tertiary/aromatic N) is 3. The molecule has 0 unspecified atom stereocenters. The van der Waals surface area contributed by atoms with Gasteiger partial charge < -0.3 is 10.2 Å². The average Bonchev–Trinajstić information content (AvgIpc) is 2.97. The van der Waals surface area contributed by atoms with E-state index in [0.717, 1.165) is 6.20 Å². The zero-order chi connectivity index (χ0) is 20.4. The van der Waals surface area contributed by atoms with Crippen molar-refractivity contribution in [1.82, 2.24) is 20.0 Å². The van der Waals surface area contributed by atoms with Gasteiger partial charge in [-0.3, -0.25) is 4.79 Å². The lowest BCUT2D eigenvalue weighted by molar-refractivity contribution is -0.143. The van der Waals surface area contributed by atoms with Crippen molar-refractivity contribution in [1.29, 1.82) is 0 Å². The highest BCUT2D eigenvalue weighted by molar-refractivity contribution is 6.30. The van der Waals surface area contributed by atoms with Gasteiger partial charge in [-0.05, 0) is 37.7 Å². The van der Waals surface area contributed by atoms with Gasteiger partial charge in [-0.1, -0.05) is 31.5 Å². The van der Waals surface area contributed by atoms with Gasteiger partial charge in [0.2, 0.25) is 0 Å². The summed E-state index contributed by atoms with van der Waals surface area (Å²) in [5.74, 6) is -0.817. The number of halogens is 4. The molecule has 148 valence electrons. The Morgan fingerprint density at radius 1 is 1.30 bits per heavy atom. The van der Waals surface area contributed by atoms with E-state index < -0.39 is 23.3 Å². The largest absolute Gasteiger partial charge is 0.434 e. The fourth-order valence-corrected chi connectivity index (χ4v) is 3.10. The van der Waals surface area contributed by atoms with E-state index in [1.165, 1.54) is 18.2 Å². The third-order valence-corrected chi connectivity index (χ3v) is 4.04. The van der Waals surface area contributed by atoms with Gasteiger partial charge in [0.05, 0.1) is 17.4 Å². The van der Waals surface area contributed by atoms with E-state index in [0.29, 0.717) is 11.2 Å². The minimum absolute atomic E-state index is 0.127. The van der Waals surface area contributed by atoms with Gasteiger partial charge in [0.15, 0.2) is 5.69 Å². The van der Waals surface area contributed by atoms with Crippen LogP contribution < -0.4 is 5.32 Å². The predicted octanol–water partition coefficient (Wildman–Crippen LogP) is 3.86. The van der Waals surface area contributed by atoms with Crippen LogP contribution in [0.4, 0.5) is 13.2 Å². The monoisotopic (exact) mass is 402 g/mol. The molecule has 0 radical (unpaired) electrons. The van der Waals surface area contributed by atoms with Gasteiger partial charge in [-0.25, -0.2) is 4.68 Å². The Kier molecular flexibility index (Phi) is 6.21. The molecule has 0 spiro atoms. The molecule has 1 amide bonds. The van der Waals surface area contributed by atoms with Gasteiger partial charge in [0, 0.05) is 18.1 Å². The Bertz CT molecular complexity index is 815. The second kappa shape index (κ2) is 7.90. The molecule has 0 bridgehead atoms. The van der Waals surface area contributed by atoms with E-state index in [-0.39, 0.29) is 22.7 Å². The molecule has 0 atom stereocenters. The summed E-state index contributed by atoms with van der Waals surface area (Å²) in [6.07, 6.45) is -3.83. The second-order valence-corrected chi connectivity index (χ2v) is 7.82. The SMILES string of the molecule is CN(C)CC(C)(C)CNC(=O)c1cnn(-c2cccc(Cl)c2)c1C(F)(F)F. The summed E-state index contributed by atoms with van der Waals surface area (Å²) in [6, 6.07) is 5.85. The number of amides is 1. The van der Waals surface area contributed by atoms with E-state index in [1.807, 2.05) is 32.8 Å². The van der Waals surface area contributed by atoms with Crippen LogP contribution in [0.5, 0.6) is 0 Å². The van der Waals surface area contributed by atoms with Crippen LogP contribution in [0.25, 0.3) is 5.69 Å². The van der Waals surface area contributed by atoms with E-state index in [1.54, 1.807) is 6.07 Å². The number of hydrogen-bond acceptors (Lipinski definition) is 3. The number of alkyl halides is 3. The third-order valence-electron chi connectivity index (χ3n) is 3.81. The van der Waals surface area contributed by atoms with Gasteiger partial charge in [0.25, 0.3) is 5.91 Å². The molecule has 0 aliphatic heterocycles. The molecule has 27 heavy (non-hydrogen) atoms. The predicted molar refractivity (Wildman–Crippen MR) is 98.2 cm³/mol. The number of hydrogen-bond donors (Lipinski definition) is 1. The zero-order valence-electron chi connectivity index (χ0n) is 15.6. The van der Waals surface area contributed by atoms with E-state index in [2.05, 4.69) is 10.4 Å². The van der Waals surface area contributed by atoms with Crippen molar-refractivity contribution in [3.63, 3.8) is 0 Å². The maximum absolute atomic E-state index is 13.7. The molecular formula is C18H22ClF3N4O. The number of benzene rings is 1. The van der Waals surface area contributed by atoms with Crippen molar-refractivity contribution in [3.05, 3.63) is 46.7 Å². The van der Waals surface area contributed by atoms with Crippen LogP contribution in [0.1, 0.15) is 29.9 Å². The minimum atomic E-state index is -4.76. The zero-order valence-corrected chi connectivity index (χ0v) is 16.3. The summed E-state index contributed by atoms with van der Waals surface area (Å²) in [5, 5.41) is 6.64. The lowest BCUT2D eigenvalue weighted by Gasteiger charge is -2.28. The maximum Gasteiger partial charge on any atom is 0.434 e. The topological polar surface area (TPSA) is 50.2 Å². The Morgan fingerprint density at radius 2 is 1.96 bits per heavy atom. The standard InChI is InChI=1S/C18H22ClF3N4O/c1-17(2,11-25(3)4)10-23-16(27)14-9-24-26(15(14)18(20,21)22)13-7-5-6-12(19)8-13/h5-9H,10-11H2,1-4H3,(H,23,27). The molecule has 9 heteroatoms. The molecular weight excluding hydrogens is 381 g/mol. The number of aromatic nitrogens is 2. The first-order chi connectivity index (χ1) is 12.4. The third kappa shape index (κ3) is 5.46. The molecule has 1 N–H and O–H groups in total. The number of carbonyl (C=O) groups is 1. The highest BCUT2D eigenvalue weighted by atomic mass is 35.5. The van der Waals surface area contributed by atoms with Crippen LogP contribution in [-0.2, 0) is 6.18 Å². The molecule has 2 aromatic rings. The molecule has 0 saturated carbocycles. The van der Waals surface area contributed by atoms with Gasteiger partial charge in [-0.15, -0.1) is 0 Å². The highest BCUT2D eigenvalue weighted by Crippen LogP contribution is 2.34. The van der Waals surface area contributed by atoms with Gasteiger partial charge in [-0.2, -0.15) is 18.3 Å². The van der Waals surface area contributed by atoms with Crippen LogP contribution in [-0.4, -0.2) is 47.8 Å². The summed E-state index contributed by atoms with van der Waals surface area (Å²) in [6.45, 7) is 4.74. The van der Waals surface area contributed by atoms with Crippen LogP contribution in [0, 0.1) is 5.41 Å². The van der Waals surface area contributed by atoms with Crippen molar-refractivity contribution in [2.45, 2.75) is 20.0 Å². The summed E-state index contributed by atoms with van der Waals surface area (Å²) in [5.41, 5.74) is -1.84. The maximum atomic E-state index is 13.7. The molecule has 0 fully saturated rings. The van der Waals surface area contributed by atoms with Crippen LogP contribution in [0.2, 0.25) is 5.02 Å². The Labute approximate surface area is 161 Å². The van der Waals surface area contributed by atoms with E-state index >= 15 is 0 Å². The summed E-state index contributed by atoms with van der Waals surface area (Å²) < 4.78 is 41.6. The lowest BCUT2D eigenvalue weighted by atomic mass is 9.93. The summed E-state index contributed by atoms with van der Waals surface area (Å²) in [7, 11) is 3.78.